The van der Waals surface area contributed by atoms with E-state index < -0.39 is 16.1 Å². The molecule has 1 N–H and O–H groups in total. The molecule has 2 amide bonds. The Labute approximate surface area is 226 Å². The number of nitrogens with zero attached hydrogens (tertiary/aromatic N) is 2. The maximum atomic E-state index is 13.4. The number of amides is 2. The Bertz CT molecular complexity index is 1170. The van der Waals surface area contributed by atoms with Crippen LogP contribution in [0, 0.1) is 12.8 Å². The molecular formula is C27H38ClN3O5S. The van der Waals surface area contributed by atoms with Gasteiger partial charge in [-0.15, -0.1) is 0 Å². The molecule has 0 saturated carbocycles. The fraction of sp³-hybridized carbons (Fsp3) is 0.481. The molecule has 1 atom stereocenters. The van der Waals surface area contributed by atoms with Gasteiger partial charge in [-0.3, -0.25) is 13.9 Å². The van der Waals surface area contributed by atoms with Crippen LogP contribution in [0.3, 0.4) is 0 Å². The number of halogens is 1. The average Bonchev–Trinajstić information content (AvgIpc) is 2.84. The highest BCUT2D eigenvalue weighted by Crippen LogP contribution is 2.27. The molecule has 0 radical (unpaired) electrons. The molecule has 2 aromatic rings. The van der Waals surface area contributed by atoms with Gasteiger partial charge in [0.15, 0.2) is 0 Å². The predicted molar refractivity (Wildman–Crippen MR) is 148 cm³/mol. The van der Waals surface area contributed by atoms with Crippen molar-refractivity contribution in [3.63, 3.8) is 0 Å². The third-order valence-electron chi connectivity index (χ3n) is 5.96. The monoisotopic (exact) mass is 551 g/mol. The smallest absolute Gasteiger partial charge is 0.242 e. The zero-order valence-corrected chi connectivity index (χ0v) is 24.0. The van der Waals surface area contributed by atoms with E-state index in [9.17, 15) is 18.0 Å². The van der Waals surface area contributed by atoms with Gasteiger partial charge in [-0.05, 0) is 61.6 Å². The fourth-order valence-electron chi connectivity index (χ4n) is 3.80. The molecule has 0 aliphatic rings. The number of hydrogen-bond acceptors (Lipinski definition) is 5. The molecular weight excluding hydrogens is 514 g/mol. The van der Waals surface area contributed by atoms with Crippen molar-refractivity contribution >= 4 is 39.1 Å². The van der Waals surface area contributed by atoms with Crippen LogP contribution < -0.4 is 14.4 Å². The molecule has 0 bridgehead atoms. The maximum Gasteiger partial charge on any atom is 0.242 e. The standard InChI is InChI=1S/C27H38ClN3O5S/c1-19(2)17-29-27(33)21(4)30(18-22-10-13-24(36-5)14-11-22)26(32)8-7-15-31(37(6,34)35)25-16-23(28)12-9-20(25)3/h9-14,16,19,21H,7-8,15,17-18H2,1-6H3,(H,29,33)/t21-/m1/s1. The van der Waals surface area contributed by atoms with Crippen LogP contribution >= 0.6 is 11.6 Å². The van der Waals surface area contributed by atoms with Crippen molar-refractivity contribution in [2.45, 2.75) is 53.1 Å². The first kappa shape index (κ1) is 30.4. The first-order valence-corrected chi connectivity index (χ1v) is 14.5. The van der Waals surface area contributed by atoms with Gasteiger partial charge in [-0.1, -0.05) is 43.6 Å². The summed E-state index contributed by atoms with van der Waals surface area (Å²) >= 11 is 6.11. The van der Waals surface area contributed by atoms with Gasteiger partial charge in [0.2, 0.25) is 21.8 Å². The van der Waals surface area contributed by atoms with Crippen LogP contribution in [0.15, 0.2) is 42.5 Å². The van der Waals surface area contributed by atoms with Gasteiger partial charge in [0.05, 0.1) is 19.1 Å². The Hall–Kier alpha value is -2.78. The lowest BCUT2D eigenvalue weighted by atomic mass is 10.1. The van der Waals surface area contributed by atoms with Crippen LogP contribution in [0.4, 0.5) is 5.69 Å². The minimum Gasteiger partial charge on any atom is -0.497 e. The van der Waals surface area contributed by atoms with Gasteiger partial charge in [-0.25, -0.2) is 8.42 Å². The first-order chi connectivity index (χ1) is 17.3. The molecule has 0 saturated heterocycles. The zero-order valence-electron chi connectivity index (χ0n) is 22.5. The second-order valence-electron chi connectivity index (χ2n) is 9.55. The summed E-state index contributed by atoms with van der Waals surface area (Å²) in [5, 5.41) is 3.32. The van der Waals surface area contributed by atoms with Crippen LogP contribution in [0.5, 0.6) is 5.75 Å². The number of nitrogens with one attached hydrogen (secondary N) is 1. The van der Waals surface area contributed by atoms with E-state index in [1.807, 2.05) is 32.9 Å². The summed E-state index contributed by atoms with van der Waals surface area (Å²) in [4.78, 5) is 27.7. The lowest BCUT2D eigenvalue weighted by Gasteiger charge is -2.30. The molecule has 0 aliphatic heterocycles. The summed E-state index contributed by atoms with van der Waals surface area (Å²) in [6.07, 6.45) is 1.48. The third-order valence-corrected chi connectivity index (χ3v) is 7.37. The van der Waals surface area contributed by atoms with Crippen molar-refractivity contribution < 1.29 is 22.7 Å². The number of benzene rings is 2. The van der Waals surface area contributed by atoms with E-state index in [4.69, 9.17) is 16.3 Å². The summed E-state index contributed by atoms with van der Waals surface area (Å²) in [6.45, 7) is 8.37. The maximum absolute atomic E-state index is 13.4. The van der Waals surface area contributed by atoms with E-state index in [1.165, 1.54) is 9.21 Å². The van der Waals surface area contributed by atoms with Gasteiger partial charge in [-0.2, -0.15) is 0 Å². The summed E-state index contributed by atoms with van der Waals surface area (Å²) in [5.41, 5.74) is 2.10. The zero-order chi connectivity index (χ0) is 27.8. The Kier molecular flexibility index (Phi) is 11.3. The average molecular weight is 552 g/mol. The summed E-state index contributed by atoms with van der Waals surface area (Å²) in [7, 11) is -2.02. The van der Waals surface area contributed by atoms with Crippen LogP contribution in [0.1, 0.15) is 44.7 Å². The number of anilines is 1. The van der Waals surface area contributed by atoms with Crippen LogP contribution in [0.25, 0.3) is 0 Å². The lowest BCUT2D eigenvalue weighted by Crippen LogP contribution is -2.48. The Morgan fingerprint density at radius 2 is 1.73 bits per heavy atom. The molecule has 8 nitrogen and oxygen atoms in total. The minimum atomic E-state index is -3.60. The lowest BCUT2D eigenvalue weighted by molar-refractivity contribution is -0.140. The number of sulfonamides is 1. The van der Waals surface area contributed by atoms with Crippen molar-refractivity contribution in [1.82, 2.24) is 10.2 Å². The number of methoxy groups -OCH3 is 1. The molecule has 2 rings (SSSR count). The van der Waals surface area contributed by atoms with E-state index in [1.54, 1.807) is 44.4 Å². The number of aryl methyl sites for hydroxylation is 1. The van der Waals surface area contributed by atoms with Gasteiger partial charge in [0.25, 0.3) is 0 Å². The second kappa shape index (κ2) is 13.7. The van der Waals surface area contributed by atoms with Crippen molar-refractivity contribution in [1.29, 1.82) is 0 Å². The first-order valence-electron chi connectivity index (χ1n) is 12.3. The molecule has 0 unspecified atom stereocenters. The highest BCUT2D eigenvalue weighted by molar-refractivity contribution is 7.92. The van der Waals surface area contributed by atoms with E-state index in [2.05, 4.69) is 5.32 Å². The topological polar surface area (TPSA) is 96.0 Å². The Morgan fingerprint density at radius 1 is 1.08 bits per heavy atom. The van der Waals surface area contributed by atoms with Crippen LogP contribution in [-0.2, 0) is 26.2 Å². The van der Waals surface area contributed by atoms with E-state index in [0.29, 0.717) is 23.0 Å². The van der Waals surface area contributed by atoms with Gasteiger partial charge >= 0.3 is 0 Å². The quantitative estimate of drug-likeness (QED) is 0.398. The van der Waals surface area contributed by atoms with Crippen LogP contribution in [-0.4, -0.2) is 57.6 Å². The van der Waals surface area contributed by atoms with Crippen molar-refractivity contribution in [2.24, 2.45) is 5.92 Å². The number of carbonyl (C=O) groups excluding carboxylic acids is 2. The van der Waals surface area contributed by atoms with Crippen molar-refractivity contribution in [3.05, 3.63) is 58.6 Å². The molecule has 0 heterocycles. The second-order valence-corrected chi connectivity index (χ2v) is 11.9. The van der Waals surface area contributed by atoms with Crippen molar-refractivity contribution in [2.75, 3.05) is 30.8 Å². The van der Waals surface area contributed by atoms with E-state index in [0.717, 1.165) is 17.4 Å². The number of carbonyl (C=O) groups is 2. The molecule has 204 valence electrons. The van der Waals surface area contributed by atoms with E-state index in [-0.39, 0.29) is 43.7 Å². The Morgan fingerprint density at radius 3 is 2.30 bits per heavy atom. The normalized spacial score (nSPS) is 12.2. The van der Waals surface area contributed by atoms with Gasteiger partial charge in [0.1, 0.15) is 11.8 Å². The highest BCUT2D eigenvalue weighted by atomic mass is 35.5. The molecule has 0 spiro atoms. The van der Waals surface area contributed by atoms with E-state index >= 15 is 0 Å². The molecule has 0 fully saturated rings. The van der Waals surface area contributed by atoms with Gasteiger partial charge in [0, 0.05) is 31.1 Å². The SMILES string of the molecule is COc1ccc(CN(C(=O)CCCN(c2cc(Cl)ccc2C)S(C)(=O)=O)[C@H](C)C(=O)NCC(C)C)cc1. The molecule has 0 aromatic heterocycles. The molecule has 2 aromatic carbocycles. The Balaban J connectivity index is 2.20. The number of ether oxygens (including phenoxy) is 1. The molecule has 37 heavy (non-hydrogen) atoms. The fourth-order valence-corrected chi connectivity index (χ4v) is 4.98. The molecule has 10 heteroatoms. The summed E-state index contributed by atoms with van der Waals surface area (Å²) in [6, 6.07) is 11.7. The summed E-state index contributed by atoms with van der Waals surface area (Å²) < 4.78 is 31.6. The number of hydrogen-bond donors (Lipinski definition) is 1. The molecule has 0 aliphatic carbocycles. The number of rotatable bonds is 13. The van der Waals surface area contributed by atoms with Crippen LogP contribution in [0.2, 0.25) is 5.02 Å². The summed E-state index contributed by atoms with van der Waals surface area (Å²) in [5.74, 6) is 0.502. The third kappa shape index (κ3) is 9.23. The van der Waals surface area contributed by atoms with Gasteiger partial charge < -0.3 is 15.0 Å². The highest BCUT2D eigenvalue weighted by Gasteiger charge is 2.27. The minimum absolute atomic E-state index is 0.0730. The van der Waals surface area contributed by atoms with Crippen molar-refractivity contribution in [3.8, 4) is 5.75 Å². The predicted octanol–water partition coefficient (Wildman–Crippen LogP) is 4.39. The largest absolute Gasteiger partial charge is 0.497 e.